The number of halogens is 1. The van der Waals surface area contributed by atoms with Gasteiger partial charge in [-0.05, 0) is 31.4 Å². The summed E-state index contributed by atoms with van der Waals surface area (Å²) in [6, 6.07) is 9.44. The van der Waals surface area contributed by atoms with E-state index in [1.54, 1.807) is 0 Å². The molecular weight excluding hydrogens is 226 g/mol. The molecule has 1 atom stereocenters. The number of para-hydroxylation sites is 1. The predicted octanol–water partition coefficient (Wildman–Crippen LogP) is 2.55. The number of hydrogen-bond donors (Lipinski definition) is 1. The second-order valence-corrected chi connectivity index (χ2v) is 3.88. The van der Waals surface area contributed by atoms with Crippen molar-refractivity contribution < 1.29 is 9.90 Å². The SMILES string of the molecule is Cl.O=C(O)C1CCCCN1c1ccccc1. The van der Waals surface area contributed by atoms with Crippen molar-refractivity contribution in [3.63, 3.8) is 0 Å². The van der Waals surface area contributed by atoms with Gasteiger partial charge >= 0.3 is 5.97 Å². The van der Waals surface area contributed by atoms with Crippen molar-refractivity contribution in [3.8, 4) is 0 Å². The first-order valence-electron chi connectivity index (χ1n) is 5.33. The minimum absolute atomic E-state index is 0. The molecule has 16 heavy (non-hydrogen) atoms. The molecule has 0 spiro atoms. The van der Waals surface area contributed by atoms with E-state index in [0.29, 0.717) is 0 Å². The molecule has 0 aromatic heterocycles. The molecular formula is C12H16ClNO2. The summed E-state index contributed by atoms with van der Waals surface area (Å²) in [5.74, 6) is -0.710. The number of aliphatic carboxylic acids is 1. The summed E-state index contributed by atoms with van der Waals surface area (Å²) in [6.07, 6.45) is 2.85. The highest BCUT2D eigenvalue weighted by atomic mass is 35.5. The molecule has 2 rings (SSSR count). The highest BCUT2D eigenvalue weighted by Gasteiger charge is 2.28. The Kier molecular flexibility index (Phi) is 4.62. The molecule has 0 saturated carbocycles. The van der Waals surface area contributed by atoms with E-state index in [1.807, 2.05) is 35.2 Å². The van der Waals surface area contributed by atoms with Crippen LogP contribution in [0.2, 0.25) is 0 Å². The van der Waals surface area contributed by atoms with E-state index in [4.69, 9.17) is 5.11 Å². The van der Waals surface area contributed by atoms with Crippen molar-refractivity contribution in [2.45, 2.75) is 25.3 Å². The Morgan fingerprint density at radius 1 is 1.25 bits per heavy atom. The zero-order valence-corrected chi connectivity index (χ0v) is 9.82. The fourth-order valence-electron chi connectivity index (χ4n) is 2.12. The fraction of sp³-hybridized carbons (Fsp3) is 0.417. The molecule has 1 N–H and O–H groups in total. The third kappa shape index (κ3) is 2.67. The molecule has 1 heterocycles. The third-order valence-corrected chi connectivity index (χ3v) is 2.88. The second kappa shape index (κ2) is 5.75. The number of carbonyl (C=O) groups is 1. The summed E-state index contributed by atoms with van der Waals surface area (Å²) in [5, 5.41) is 9.13. The van der Waals surface area contributed by atoms with Gasteiger partial charge in [-0.25, -0.2) is 4.79 Å². The van der Waals surface area contributed by atoms with Crippen molar-refractivity contribution in [2.24, 2.45) is 0 Å². The van der Waals surface area contributed by atoms with Crippen molar-refractivity contribution in [1.29, 1.82) is 0 Å². The number of benzene rings is 1. The molecule has 1 unspecified atom stereocenters. The van der Waals surface area contributed by atoms with Gasteiger partial charge in [-0.3, -0.25) is 0 Å². The molecule has 1 aliphatic rings. The van der Waals surface area contributed by atoms with Crippen molar-refractivity contribution in [2.75, 3.05) is 11.4 Å². The average molecular weight is 242 g/mol. The summed E-state index contributed by atoms with van der Waals surface area (Å²) in [5.41, 5.74) is 1.02. The van der Waals surface area contributed by atoms with Gasteiger partial charge in [0.05, 0.1) is 0 Å². The van der Waals surface area contributed by atoms with Gasteiger partial charge in [-0.1, -0.05) is 18.2 Å². The zero-order valence-electron chi connectivity index (χ0n) is 9.00. The first kappa shape index (κ1) is 12.8. The Bertz CT molecular complexity index is 342. The van der Waals surface area contributed by atoms with Gasteiger partial charge in [0.25, 0.3) is 0 Å². The zero-order chi connectivity index (χ0) is 10.7. The smallest absolute Gasteiger partial charge is 0.326 e. The first-order valence-corrected chi connectivity index (χ1v) is 5.33. The number of rotatable bonds is 2. The average Bonchev–Trinajstić information content (AvgIpc) is 2.30. The van der Waals surface area contributed by atoms with Gasteiger partial charge in [0.2, 0.25) is 0 Å². The van der Waals surface area contributed by atoms with Crippen LogP contribution < -0.4 is 4.90 Å². The predicted molar refractivity (Wildman–Crippen MR) is 66.3 cm³/mol. The summed E-state index contributed by atoms with van der Waals surface area (Å²) < 4.78 is 0. The Hall–Kier alpha value is -1.22. The van der Waals surface area contributed by atoms with E-state index < -0.39 is 5.97 Å². The Morgan fingerprint density at radius 2 is 1.94 bits per heavy atom. The number of anilines is 1. The largest absolute Gasteiger partial charge is 0.480 e. The molecule has 3 nitrogen and oxygen atoms in total. The molecule has 0 bridgehead atoms. The molecule has 1 fully saturated rings. The molecule has 88 valence electrons. The number of nitrogens with zero attached hydrogens (tertiary/aromatic N) is 1. The van der Waals surface area contributed by atoms with Crippen molar-refractivity contribution in [3.05, 3.63) is 30.3 Å². The topological polar surface area (TPSA) is 40.5 Å². The van der Waals surface area contributed by atoms with Crippen LogP contribution in [0.1, 0.15) is 19.3 Å². The van der Waals surface area contributed by atoms with Crippen molar-refractivity contribution in [1.82, 2.24) is 0 Å². The standard InChI is InChI=1S/C12H15NO2.ClH/c14-12(15)11-8-4-5-9-13(11)10-6-2-1-3-7-10;/h1-3,6-7,11H,4-5,8-9H2,(H,14,15);1H. The number of carboxylic acid groups (broad SMARTS) is 1. The van der Waals surface area contributed by atoms with Gasteiger partial charge in [0, 0.05) is 12.2 Å². The lowest BCUT2D eigenvalue weighted by atomic mass is 10.0. The first-order chi connectivity index (χ1) is 7.29. The third-order valence-electron chi connectivity index (χ3n) is 2.88. The molecule has 1 aliphatic heterocycles. The fourth-order valence-corrected chi connectivity index (χ4v) is 2.12. The lowest BCUT2D eigenvalue weighted by Crippen LogP contribution is -2.44. The minimum Gasteiger partial charge on any atom is -0.480 e. The molecule has 0 aliphatic carbocycles. The Balaban J connectivity index is 0.00000128. The van der Waals surface area contributed by atoms with Crippen LogP contribution in [0.25, 0.3) is 0 Å². The molecule has 1 aromatic rings. The van der Waals surface area contributed by atoms with Gasteiger partial charge < -0.3 is 10.0 Å². The number of hydrogen-bond acceptors (Lipinski definition) is 2. The van der Waals surface area contributed by atoms with Gasteiger partial charge in [-0.15, -0.1) is 12.4 Å². The van der Waals surface area contributed by atoms with Crippen LogP contribution in [0.4, 0.5) is 5.69 Å². The van der Waals surface area contributed by atoms with Gasteiger partial charge in [-0.2, -0.15) is 0 Å². The van der Waals surface area contributed by atoms with Gasteiger partial charge in [0.15, 0.2) is 0 Å². The summed E-state index contributed by atoms with van der Waals surface area (Å²) >= 11 is 0. The van der Waals surface area contributed by atoms with Crippen LogP contribution in [0.3, 0.4) is 0 Å². The molecule has 4 heteroatoms. The number of carboxylic acids is 1. The lowest BCUT2D eigenvalue weighted by molar-refractivity contribution is -0.139. The van der Waals surface area contributed by atoms with E-state index in [2.05, 4.69) is 0 Å². The summed E-state index contributed by atoms with van der Waals surface area (Å²) in [7, 11) is 0. The monoisotopic (exact) mass is 241 g/mol. The van der Waals surface area contributed by atoms with Crippen LogP contribution in [-0.4, -0.2) is 23.7 Å². The second-order valence-electron chi connectivity index (χ2n) is 3.88. The molecule has 0 radical (unpaired) electrons. The van der Waals surface area contributed by atoms with Gasteiger partial charge in [0.1, 0.15) is 6.04 Å². The van der Waals surface area contributed by atoms with E-state index in [9.17, 15) is 4.79 Å². The van der Waals surface area contributed by atoms with Crippen LogP contribution in [-0.2, 0) is 4.79 Å². The normalized spacial score (nSPS) is 20.0. The van der Waals surface area contributed by atoms with Crippen LogP contribution in [0.15, 0.2) is 30.3 Å². The van der Waals surface area contributed by atoms with E-state index in [1.165, 1.54) is 0 Å². The molecule has 1 aromatic carbocycles. The summed E-state index contributed by atoms with van der Waals surface area (Å²) in [6.45, 7) is 0.848. The van der Waals surface area contributed by atoms with E-state index in [-0.39, 0.29) is 18.4 Å². The minimum atomic E-state index is -0.710. The summed E-state index contributed by atoms with van der Waals surface area (Å²) in [4.78, 5) is 13.1. The number of piperidine rings is 1. The van der Waals surface area contributed by atoms with Crippen LogP contribution in [0.5, 0.6) is 0 Å². The maximum Gasteiger partial charge on any atom is 0.326 e. The lowest BCUT2D eigenvalue weighted by Gasteiger charge is -2.34. The maximum absolute atomic E-state index is 11.1. The van der Waals surface area contributed by atoms with E-state index >= 15 is 0 Å². The highest BCUT2D eigenvalue weighted by molar-refractivity contribution is 5.85. The quantitative estimate of drug-likeness (QED) is 0.865. The Morgan fingerprint density at radius 3 is 2.56 bits per heavy atom. The van der Waals surface area contributed by atoms with Crippen LogP contribution in [0, 0.1) is 0 Å². The molecule has 0 amide bonds. The Labute approximate surface area is 101 Å². The van der Waals surface area contributed by atoms with Crippen LogP contribution >= 0.6 is 12.4 Å². The van der Waals surface area contributed by atoms with Crippen molar-refractivity contribution >= 4 is 24.1 Å². The highest BCUT2D eigenvalue weighted by Crippen LogP contribution is 2.24. The molecule has 1 saturated heterocycles. The van der Waals surface area contributed by atoms with E-state index in [0.717, 1.165) is 31.5 Å². The maximum atomic E-state index is 11.1.